The Hall–Kier alpha value is -1.23. The van der Waals surface area contributed by atoms with E-state index in [-0.39, 0.29) is 0 Å². The van der Waals surface area contributed by atoms with Gasteiger partial charge in [-0.25, -0.2) is 4.98 Å². The van der Waals surface area contributed by atoms with E-state index in [0.717, 1.165) is 53.4 Å². The van der Waals surface area contributed by atoms with E-state index >= 15 is 0 Å². The molecule has 0 spiro atoms. The summed E-state index contributed by atoms with van der Waals surface area (Å²) in [7, 11) is 0. The monoisotopic (exact) mass is 319 g/mol. The Morgan fingerprint density at radius 2 is 1.90 bits per heavy atom. The molecule has 0 amide bonds. The predicted molar refractivity (Wildman–Crippen MR) is 90.3 cm³/mol. The Bertz CT molecular complexity index is 600. The highest BCUT2D eigenvalue weighted by Gasteiger charge is 2.12. The molecule has 5 heteroatoms. The lowest BCUT2D eigenvalue weighted by atomic mass is 10.2. The first kappa shape index (κ1) is 14.7. The van der Waals surface area contributed by atoms with Crippen LogP contribution in [0.15, 0.2) is 47.5 Å². The van der Waals surface area contributed by atoms with Crippen molar-refractivity contribution in [3.63, 3.8) is 0 Å². The molecule has 2 aromatic rings. The van der Waals surface area contributed by atoms with Crippen LogP contribution in [0.2, 0.25) is 5.02 Å². The Balaban J connectivity index is 1.67. The van der Waals surface area contributed by atoms with Crippen LogP contribution in [0.5, 0.6) is 0 Å². The average Bonchev–Trinajstić information content (AvgIpc) is 2.55. The molecule has 0 atom stereocenters. The van der Waals surface area contributed by atoms with Gasteiger partial charge in [0.25, 0.3) is 0 Å². The van der Waals surface area contributed by atoms with Gasteiger partial charge in [0.05, 0.1) is 5.03 Å². The summed E-state index contributed by atoms with van der Waals surface area (Å²) in [5.41, 5.74) is 1.15. The van der Waals surface area contributed by atoms with Gasteiger partial charge in [-0.3, -0.25) is 0 Å². The summed E-state index contributed by atoms with van der Waals surface area (Å²) in [6.07, 6.45) is 0. The van der Waals surface area contributed by atoms with Crippen molar-refractivity contribution >= 4 is 29.2 Å². The van der Waals surface area contributed by atoms with Crippen molar-refractivity contribution in [2.45, 2.75) is 10.8 Å². The molecular formula is C16H18ClN3S. The number of halogens is 1. The molecule has 110 valence electrons. The standard InChI is InChI=1S/C16H18ClN3S/c17-14-5-2-1-4-13(14)12-21-16-7-3-6-15(19-16)20-10-8-18-9-11-20/h1-7,18H,8-12H2. The highest BCUT2D eigenvalue weighted by molar-refractivity contribution is 7.98. The summed E-state index contributed by atoms with van der Waals surface area (Å²) in [5, 5.41) is 5.23. The van der Waals surface area contributed by atoms with Gasteiger partial charge in [0, 0.05) is 37.0 Å². The minimum atomic E-state index is 0.822. The zero-order valence-electron chi connectivity index (χ0n) is 11.8. The Kier molecular flexibility index (Phi) is 5.01. The van der Waals surface area contributed by atoms with Crippen LogP contribution in [0.1, 0.15) is 5.56 Å². The third kappa shape index (κ3) is 3.90. The van der Waals surface area contributed by atoms with Gasteiger partial charge in [0.15, 0.2) is 0 Å². The summed E-state index contributed by atoms with van der Waals surface area (Å²) in [6.45, 7) is 4.09. The van der Waals surface area contributed by atoms with E-state index in [2.05, 4.69) is 34.5 Å². The van der Waals surface area contributed by atoms with Gasteiger partial charge < -0.3 is 10.2 Å². The first-order valence-corrected chi connectivity index (χ1v) is 8.48. The van der Waals surface area contributed by atoms with Crippen LogP contribution >= 0.6 is 23.4 Å². The molecule has 21 heavy (non-hydrogen) atoms. The highest BCUT2D eigenvalue weighted by atomic mass is 35.5. The van der Waals surface area contributed by atoms with E-state index in [1.54, 1.807) is 11.8 Å². The van der Waals surface area contributed by atoms with Crippen LogP contribution in [-0.4, -0.2) is 31.2 Å². The number of piperazine rings is 1. The van der Waals surface area contributed by atoms with Gasteiger partial charge in [-0.05, 0) is 23.8 Å². The summed E-state index contributed by atoms with van der Waals surface area (Å²) in [5.74, 6) is 1.91. The fourth-order valence-electron chi connectivity index (χ4n) is 2.32. The van der Waals surface area contributed by atoms with E-state index in [1.165, 1.54) is 0 Å². The maximum Gasteiger partial charge on any atom is 0.129 e. The van der Waals surface area contributed by atoms with Crippen molar-refractivity contribution in [2.24, 2.45) is 0 Å². The Labute approximate surface area is 134 Å². The zero-order chi connectivity index (χ0) is 14.5. The molecule has 1 fully saturated rings. The molecule has 1 saturated heterocycles. The second-order valence-corrected chi connectivity index (χ2v) is 6.35. The number of thioether (sulfide) groups is 1. The first-order chi connectivity index (χ1) is 10.3. The van der Waals surface area contributed by atoms with Crippen LogP contribution in [0.3, 0.4) is 0 Å². The van der Waals surface area contributed by atoms with Gasteiger partial charge in [0.2, 0.25) is 0 Å². The number of pyridine rings is 1. The van der Waals surface area contributed by atoms with Crippen molar-refractivity contribution in [3.05, 3.63) is 53.1 Å². The number of hydrogen-bond acceptors (Lipinski definition) is 4. The Morgan fingerprint density at radius 1 is 1.10 bits per heavy atom. The molecule has 3 nitrogen and oxygen atoms in total. The van der Waals surface area contributed by atoms with Gasteiger partial charge in [-0.15, -0.1) is 11.8 Å². The number of anilines is 1. The second-order valence-electron chi connectivity index (χ2n) is 4.95. The lowest BCUT2D eigenvalue weighted by molar-refractivity contribution is 0.584. The van der Waals surface area contributed by atoms with Crippen LogP contribution in [-0.2, 0) is 5.75 Å². The molecule has 1 aromatic heterocycles. The number of benzene rings is 1. The maximum absolute atomic E-state index is 6.19. The van der Waals surface area contributed by atoms with E-state index < -0.39 is 0 Å². The van der Waals surface area contributed by atoms with Crippen LogP contribution in [0, 0.1) is 0 Å². The molecular weight excluding hydrogens is 302 g/mol. The molecule has 3 rings (SSSR count). The maximum atomic E-state index is 6.19. The lowest BCUT2D eigenvalue weighted by Gasteiger charge is -2.28. The first-order valence-electron chi connectivity index (χ1n) is 7.12. The molecule has 0 bridgehead atoms. The molecule has 1 N–H and O–H groups in total. The fraction of sp³-hybridized carbons (Fsp3) is 0.312. The molecule has 1 aliphatic rings. The van der Waals surface area contributed by atoms with Crippen molar-refractivity contribution < 1.29 is 0 Å². The van der Waals surface area contributed by atoms with Crippen LogP contribution in [0.25, 0.3) is 0 Å². The third-order valence-electron chi connectivity index (χ3n) is 3.48. The minimum Gasteiger partial charge on any atom is -0.354 e. The van der Waals surface area contributed by atoms with E-state index in [1.807, 2.05) is 18.2 Å². The van der Waals surface area contributed by atoms with Gasteiger partial charge in [-0.1, -0.05) is 35.9 Å². The van der Waals surface area contributed by atoms with Crippen LogP contribution in [0.4, 0.5) is 5.82 Å². The number of aromatic nitrogens is 1. The molecule has 0 radical (unpaired) electrons. The molecule has 2 heterocycles. The minimum absolute atomic E-state index is 0.822. The van der Waals surface area contributed by atoms with Crippen LogP contribution < -0.4 is 10.2 Å². The zero-order valence-corrected chi connectivity index (χ0v) is 13.3. The van der Waals surface area contributed by atoms with E-state index in [4.69, 9.17) is 16.6 Å². The van der Waals surface area contributed by atoms with Crippen molar-refractivity contribution in [1.29, 1.82) is 0 Å². The average molecular weight is 320 g/mol. The summed E-state index contributed by atoms with van der Waals surface area (Å²) in [4.78, 5) is 7.09. The van der Waals surface area contributed by atoms with E-state index in [9.17, 15) is 0 Å². The normalized spacial score (nSPS) is 15.2. The van der Waals surface area contributed by atoms with Crippen molar-refractivity contribution in [3.8, 4) is 0 Å². The predicted octanol–water partition coefficient (Wildman–Crippen LogP) is 3.44. The fourth-order valence-corrected chi connectivity index (χ4v) is 3.49. The molecule has 1 aromatic carbocycles. The number of nitrogens with one attached hydrogen (secondary N) is 1. The van der Waals surface area contributed by atoms with Gasteiger partial charge in [-0.2, -0.15) is 0 Å². The van der Waals surface area contributed by atoms with Gasteiger partial charge >= 0.3 is 0 Å². The summed E-state index contributed by atoms with van der Waals surface area (Å²) in [6, 6.07) is 14.2. The quantitative estimate of drug-likeness (QED) is 0.874. The number of hydrogen-bond donors (Lipinski definition) is 1. The molecule has 0 unspecified atom stereocenters. The highest BCUT2D eigenvalue weighted by Crippen LogP contribution is 2.26. The topological polar surface area (TPSA) is 28.2 Å². The lowest BCUT2D eigenvalue weighted by Crippen LogP contribution is -2.43. The molecule has 1 aliphatic heterocycles. The molecule has 0 saturated carbocycles. The van der Waals surface area contributed by atoms with Gasteiger partial charge in [0.1, 0.15) is 5.82 Å². The van der Waals surface area contributed by atoms with Crippen molar-refractivity contribution in [2.75, 3.05) is 31.1 Å². The van der Waals surface area contributed by atoms with E-state index in [0.29, 0.717) is 0 Å². The molecule has 0 aliphatic carbocycles. The summed E-state index contributed by atoms with van der Waals surface area (Å²) >= 11 is 7.92. The summed E-state index contributed by atoms with van der Waals surface area (Å²) < 4.78 is 0. The number of nitrogens with zero attached hydrogens (tertiary/aromatic N) is 2. The number of rotatable bonds is 4. The smallest absolute Gasteiger partial charge is 0.129 e. The largest absolute Gasteiger partial charge is 0.354 e. The second kappa shape index (κ2) is 7.16. The SMILES string of the molecule is Clc1ccccc1CSc1cccc(N2CCNCC2)n1. The van der Waals surface area contributed by atoms with Crippen molar-refractivity contribution in [1.82, 2.24) is 10.3 Å². The third-order valence-corrected chi connectivity index (χ3v) is 4.83. The Morgan fingerprint density at radius 3 is 2.71 bits per heavy atom.